The first kappa shape index (κ1) is 19.7. The van der Waals surface area contributed by atoms with Crippen molar-refractivity contribution in [1.82, 2.24) is 0 Å². The molecule has 1 aliphatic carbocycles. The highest BCUT2D eigenvalue weighted by molar-refractivity contribution is 5.77. The molecule has 2 aromatic carbocycles. The average Bonchev–Trinajstić information content (AvgIpc) is 2.95. The van der Waals surface area contributed by atoms with Gasteiger partial charge in [0.15, 0.2) is 0 Å². The normalized spacial score (nSPS) is 13.5. The number of nitrogen functional groups attached to an aromatic ring is 1. The van der Waals surface area contributed by atoms with Crippen LogP contribution in [0.3, 0.4) is 0 Å². The second-order valence-electron chi connectivity index (χ2n) is 6.91. The number of methoxy groups -OCH3 is 1. The summed E-state index contributed by atoms with van der Waals surface area (Å²) in [6, 6.07) is 10.3. The lowest BCUT2D eigenvalue weighted by Gasteiger charge is -2.33. The monoisotopic (exact) mass is 380 g/mol. The van der Waals surface area contributed by atoms with E-state index in [2.05, 4.69) is 11.0 Å². The van der Waals surface area contributed by atoms with E-state index in [1.165, 1.54) is 13.2 Å². The summed E-state index contributed by atoms with van der Waals surface area (Å²) in [4.78, 5) is 14.0. The zero-order valence-electron chi connectivity index (χ0n) is 16.2. The van der Waals surface area contributed by atoms with Crippen molar-refractivity contribution in [2.45, 2.75) is 32.4 Å². The summed E-state index contributed by atoms with van der Waals surface area (Å²) in [5.74, 6) is -0.563. The summed E-state index contributed by atoms with van der Waals surface area (Å²) < 4.78 is 19.2. The summed E-state index contributed by atoms with van der Waals surface area (Å²) in [6.07, 6.45) is 8.92. The summed E-state index contributed by atoms with van der Waals surface area (Å²) >= 11 is 0. The fraction of sp³-hybridized carbons (Fsp3) is 0.261. The van der Waals surface area contributed by atoms with E-state index in [1.54, 1.807) is 12.1 Å². The van der Waals surface area contributed by atoms with Crippen LogP contribution in [-0.2, 0) is 22.5 Å². The first-order valence-electron chi connectivity index (χ1n) is 9.32. The largest absolute Gasteiger partial charge is 0.469 e. The summed E-state index contributed by atoms with van der Waals surface area (Å²) in [6.45, 7) is 2.29. The second-order valence-corrected chi connectivity index (χ2v) is 6.91. The molecular formula is C23H25FN2O2. The average molecular weight is 380 g/mol. The number of fused-ring (bicyclic) bond motifs is 1. The first-order chi connectivity index (χ1) is 13.5. The summed E-state index contributed by atoms with van der Waals surface area (Å²) in [5.41, 5.74) is 10.5. The molecule has 0 bridgehead atoms. The lowest BCUT2D eigenvalue weighted by Crippen LogP contribution is -2.35. The highest BCUT2D eigenvalue weighted by Crippen LogP contribution is 2.34. The fourth-order valence-corrected chi connectivity index (χ4v) is 3.49. The van der Waals surface area contributed by atoms with Crippen molar-refractivity contribution in [2.24, 2.45) is 0 Å². The molecule has 1 aliphatic rings. The van der Waals surface area contributed by atoms with Gasteiger partial charge in [-0.05, 0) is 37.1 Å². The third-order valence-electron chi connectivity index (χ3n) is 5.03. The Morgan fingerprint density at radius 3 is 2.79 bits per heavy atom. The molecule has 2 aromatic rings. The molecule has 0 saturated heterocycles. The van der Waals surface area contributed by atoms with E-state index in [1.807, 2.05) is 43.4 Å². The number of rotatable bonds is 6. The van der Waals surface area contributed by atoms with Crippen LogP contribution in [0.1, 0.15) is 30.0 Å². The van der Waals surface area contributed by atoms with Gasteiger partial charge in [0, 0.05) is 35.1 Å². The number of carbonyl (C=O) groups is 1. The Hall–Kier alpha value is -3.08. The molecule has 1 unspecified atom stereocenters. The van der Waals surface area contributed by atoms with Crippen LogP contribution in [0.15, 0.2) is 54.6 Å². The third-order valence-corrected chi connectivity index (χ3v) is 5.03. The molecule has 3 rings (SSSR count). The van der Waals surface area contributed by atoms with E-state index in [4.69, 9.17) is 10.5 Å². The van der Waals surface area contributed by atoms with E-state index in [9.17, 15) is 9.18 Å². The molecule has 4 nitrogen and oxygen atoms in total. The van der Waals surface area contributed by atoms with Crippen molar-refractivity contribution in [3.63, 3.8) is 0 Å². The molecule has 0 fully saturated rings. The third kappa shape index (κ3) is 4.25. The minimum atomic E-state index is -0.299. The molecule has 28 heavy (non-hydrogen) atoms. The predicted molar refractivity (Wildman–Crippen MR) is 111 cm³/mol. The second kappa shape index (κ2) is 8.74. The number of halogens is 1. The van der Waals surface area contributed by atoms with Crippen LogP contribution >= 0.6 is 0 Å². The Morgan fingerprint density at radius 1 is 1.25 bits per heavy atom. The van der Waals surface area contributed by atoms with Crippen LogP contribution in [0, 0.1) is 5.82 Å². The molecule has 0 amide bonds. The number of hydrogen-bond donors (Lipinski definition) is 1. The van der Waals surface area contributed by atoms with Gasteiger partial charge in [-0.1, -0.05) is 42.5 Å². The van der Waals surface area contributed by atoms with Gasteiger partial charge < -0.3 is 15.4 Å². The maximum absolute atomic E-state index is 14.4. The fourth-order valence-electron chi connectivity index (χ4n) is 3.49. The molecular weight excluding hydrogens is 355 g/mol. The van der Waals surface area contributed by atoms with E-state index in [0.717, 1.165) is 16.8 Å². The minimum absolute atomic E-state index is 0.184. The SMILES string of the molecule is COC(=O)CC(C)N(Cc1ccccc1F)c1ccc(N)c2c1CC=CC=C2. The lowest BCUT2D eigenvalue weighted by atomic mass is 9.98. The van der Waals surface area contributed by atoms with Crippen LogP contribution in [-0.4, -0.2) is 19.1 Å². The minimum Gasteiger partial charge on any atom is -0.469 e. The Morgan fingerprint density at radius 2 is 2.04 bits per heavy atom. The van der Waals surface area contributed by atoms with Crippen LogP contribution in [0.4, 0.5) is 15.8 Å². The van der Waals surface area contributed by atoms with Crippen LogP contribution in [0.5, 0.6) is 0 Å². The number of ether oxygens (including phenoxy) is 1. The number of hydrogen-bond acceptors (Lipinski definition) is 4. The molecule has 0 heterocycles. The molecule has 0 saturated carbocycles. The van der Waals surface area contributed by atoms with Gasteiger partial charge in [0.05, 0.1) is 13.5 Å². The van der Waals surface area contributed by atoms with Crippen LogP contribution in [0.25, 0.3) is 6.08 Å². The highest BCUT2D eigenvalue weighted by atomic mass is 19.1. The highest BCUT2D eigenvalue weighted by Gasteiger charge is 2.23. The van der Waals surface area contributed by atoms with Gasteiger partial charge in [0.2, 0.25) is 0 Å². The van der Waals surface area contributed by atoms with Crippen molar-refractivity contribution in [3.8, 4) is 0 Å². The molecule has 0 spiro atoms. The number of nitrogens with two attached hydrogens (primary N) is 1. The Labute approximate surface area is 165 Å². The molecule has 0 aromatic heterocycles. The van der Waals surface area contributed by atoms with Crippen molar-refractivity contribution in [2.75, 3.05) is 17.7 Å². The number of benzene rings is 2. The van der Waals surface area contributed by atoms with Gasteiger partial charge in [0.25, 0.3) is 0 Å². The number of carbonyl (C=O) groups excluding carboxylic acids is 1. The number of anilines is 2. The summed E-state index contributed by atoms with van der Waals surface area (Å²) in [5, 5.41) is 0. The quantitative estimate of drug-likeness (QED) is 0.593. The van der Waals surface area contributed by atoms with Crippen LogP contribution in [0.2, 0.25) is 0 Å². The molecule has 146 valence electrons. The first-order valence-corrected chi connectivity index (χ1v) is 9.32. The molecule has 0 radical (unpaired) electrons. The van der Waals surface area contributed by atoms with Gasteiger partial charge in [-0.2, -0.15) is 0 Å². The zero-order chi connectivity index (χ0) is 20.1. The lowest BCUT2D eigenvalue weighted by molar-refractivity contribution is -0.140. The smallest absolute Gasteiger partial charge is 0.307 e. The van der Waals surface area contributed by atoms with E-state index in [0.29, 0.717) is 24.2 Å². The van der Waals surface area contributed by atoms with Crippen molar-refractivity contribution in [3.05, 3.63) is 77.1 Å². The molecule has 0 aliphatic heterocycles. The molecule has 2 N–H and O–H groups in total. The topological polar surface area (TPSA) is 55.6 Å². The summed E-state index contributed by atoms with van der Waals surface area (Å²) in [7, 11) is 1.38. The Bertz CT molecular complexity index is 921. The van der Waals surface area contributed by atoms with Gasteiger partial charge in [-0.25, -0.2) is 4.39 Å². The maximum atomic E-state index is 14.4. The van der Waals surface area contributed by atoms with Crippen molar-refractivity contribution >= 4 is 23.4 Å². The Balaban J connectivity index is 2.06. The van der Waals surface area contributed by atoms with Crippen molar-refractivity contribution < 1.29 is 13.9 Å². The van der Waals surface area contributed by atoms with E-state index < -0.39 is 0 Å². The number of allylic oxidation sites excluding steroid dienone is 3. The van der Waals surface area contributed by atoms with Crippen molar-refractivity contribution in [1.29, 1.82) is 0 Å². The maximum Gasteiger partial charge on any atom is 0.307 e. The Kier molecular flexibility index (Phi) is 6.14. The number of esters is 1. The number of nitrogens with zero attached hydrogens (tertiary/aromatic N) is 1. The van der Waals surface area contributed by atoms with Gasteiger partial charge >= 0.3 is 5.97 Å². The van der Waals surface area contributed by atoms with Crippen LogP contribution < -0.4 is 10.6 Å². The zero-order valence-corrected chi connectivity index (χ0v) is 16.2. The van der Waals surface area contributed by atoms with Gasteiger partial charge in [0.1, 0.15) is 5.82 Å². The van der Waals surface area contributed by atoms with Gasteiger partial charge in [-0.3, -0.25) is 4.79 Å². The van der Waals surface area contributed by atoms with Gasteiger partial charge in [-0.15, -0.1) is 0 Å². The van der Waals surface area contributed by atoms with E-state index in [-0.39, 0.29) is 24.2 Å². The van der Waals surface area contributed by atoms with E-state index >= 15 is 0 Å². The predicted octanol–water partition coefficient (Wildman–Crippen LogP) is 4.49. The molecule has 1 atom stereocenters. The standard InChI is InChI=1S/C23H25FN2O2/c1-16(14-23(27)28-2)26(15-17-8-6-7-11-20(17)24)22-13-12-21(25)18-9-4-3-5-10-19(18)22/h3-9,11-13,16H,10,14-15,25H2,1-2H3. The molecule has 5 heteroatoms.